The molecule has 31 heavy (non-hydrogen) atoms. The molecule has 2 aliphatic rings. The largest absolute Gasteiger partial charge is 0.326 e. The van der Waals surface area contributed by atoms with Gasteiger partial charge in [-0.15, -0.1) is 0 Å². The van der Waals surface area contributed by atoms with E-state index in [-0.39, 0.29) is 41.6 Å². The summed E-state index contributed by atoms with van der Waals surface area (Å²) in [6.07, 6.45) is 2.48. The van der Waals surface area contributed by atoms with Crippen LogP contribution in [-0.4, -0.2) is 32.8 Å². The van der Waals surface area contributed by atoms with Gasteiger partial charge < -0.3 is 10.2 Å². The molecular weight excluding hydrogens is 438 g/mol. The highest BCUT2D eigenvalue weighted by Crippen LogP contribution is 2.39. The third kappa shape index (κ3) is 4.92. The Bertz CT molecular complexity index is 1110. The molecule has 0 aromatic heterocycles. The predicted octanol–water partition coefficient (Wildman–Crippen LogP) is 3.33. The summed E-state index contributed by atoms with van der Waals surface area (Å²) in [6.45, 7) is 1.95. The van der Waals surface area contributed by atoms with E-state index in [4.69, 9.17) is 11.6 Å². The molecule has 0 unspecified atom stereocenters. The molecule has 0 spiro atoms. The summed E-state index contributed by atoms with van der Waals surface area (Å²) >= 11 is 5.81. The van der Waals surface area contributed by atoms with E-state index in [1.807, 2.05) is 6.92 Å². The SMILES string of the molecule is C[C@@H]1Cc2cc(S(=O)(=O)NCCC(=O)Nc3ccc(Cl)cc3)ccc2N1C(=O)C1CC1. The first-order chi connectivity index (χ1) is 14.7. The van der Waals surface area contributed by atoms with E-state index >= 15 is 0 Å². The molecule has 0 radical (unpaired) electrons. The van der Waals surface area contributed by atoms with Crippen LogP contribution in [0.3, 0.4) is 0 Å². The molecule has 9 heteroatoms. The first-order valence-corrected chi connectivity index (χ1v) is 12.1. The number of rotatable bonds is 7. The number of amides is 2. The van der Waals surface area contributed by atoms with Crippen LogP contribution in [0.15, 0.2) is 47.4 Å². The fourth-order valence-electron chi connectivity index (χ4n) is 3.78. The number of nitrogens with zero attached hydrogens (tertiary/aromatic N) is 1. The number of hydrogen-bond donors (Lipinski definition) is 2. The Balaban J connectivity index is 1.37. The maximum Gasteiger partial charge on any atom is 0.240 e. The fraction of sp³-hybridized carbons (Fsp3) is 0.364. The van der Waals surface area contributed by atoms with Gasteiger partial charge in [-0.1, -0.05) is 11.6 Å². The van der Waals surface area contributed by atoms with Crippen molar-refractivity contribution in [3.05, 3.63) is 53.1 Å². The van der Waals surface area contributed by atoms with Crippen LogP contribution in [0.1, 0.15) is 31.7 Å². The van der Waals surface area contributed by atoms with Crippen LogP contribution < -0.4 is 14.9 Å². The number of hydrogen-bond acceptors (Lipinski definition) is 4. The van der Waals surface area contributed by atoms with Crippen molar-refractivity contribution >= 4 is 44.8 Å². The molecule has 1 aliphatic heterocycles. The van der Waals surface area contributed by atoms with E-state index < -0.39 is 10.0 Å². The highest BCUT2D eigenvalue weighted by atomic mass is 35.5. The number of carbonyl (C=O) groups is 2. The summed E-state index contributed by atoms with van der Waals surface area (Å²) in [6, 6.07) is 11.5. The lowest BCUT2D eigenvalue weighted by Gasteiger charge is -2.22. The van der Waals surface area contributed by atoms with E-state index in [9.17, 15) is 18.0 Å². The zero-order valence-electron chi connectivity index (χ0n) is 17.1. The number of halogens is 1. The number of fused-ring (bicyclic) bond motifs is 1. The standard InChI is InChI=1S/C22H24ClN3O4S/c1-14-12-16-13-19(8-9-20(16)26(14)22(28)15-2-3-15)31(29,30)24-11-10-21(27)25-18-6-4-17(23)5-7-18/h4-9,13-15,24H,2-3,10-12H2,1H3,(H,25,27)/t14-/m1/s1. The van der Waals surface area contributed by atoms with Gasteiger partial charge in [0.15, 0.2) is 0 Å². The van der Waals surface area contributed by atoms with Crippen molar-refractivity contribution in [2.24, 2.45) is 5.92 Å². The van der Waals surface area contributed by atoms with Crippen molar-refractivity contribution in [1.29, 1.82) is 0 Å². The Morgan fingerprint density at radius 2 is 1.84 bits per heavy atom. The van der Waals surface area contributed by atoms with Crippen LogP contribution in [0.5, 0.6) is 0 Å². The highest BCUT2D eigenvalue weighted by molar-refractivity contribution is 7.89. The average Bonchev–Trinajstić information content (AvgIpc) is 3.51. The summed E-state index contributed by atoms with van der Waals surface area (Å²) in [5.41, 5.74) is 2.24. The first kappa shape index (κ1) is 21.8. The van der Waals surface area contributed by atoms with Crippen LogP contribution in [0, 0.1) is 5.92 Å². The molecule has 2 aromatic carbocycles. The minimum atomic E-state index is -3.77. The van der Waals surface area contributed by atoms with Gasteiger partial charge in [-0.05, 0) is 74.2 Å². The van der Waals surface area contributed by atoms with Crippen LogP contribution in [0.2, 0.25) is 5.02 Å². The van der Waals surface area contributed by atoms with Crippen molar-refractivity contribution in [1.82, 2.24) is 4.72 Å². The summed E-state index contributed by atoms with van der Waals surface area (Å²) in [5, 5.41) is 3.26. The maximum atomic E-state index is 12.7. The zero-order chi connectivity index (χ0) is 22.2. The van der Waals surface area contributed by atoms with Gasteiger partial charge in [-0.2, -0.15) is 0 Å². The van der Waals surface area contributed by atoms with Gasteiger partial charge in [0.2, 0.25) is 21.8 Å². The van der Waals surface area contributed by atoms with Crippen LogP contribution >= 0.6 is 11.6 Å². The van der Waals surface area contributed by atoms with Gasteiger partial charge in [0, 0.05) is 41.3 Å². The second-order valence-electron chi connectivity index (χ2n) is 8.03. The molecule has 4 rings (SSSR count). The van der Waals surface area contributed by atoms with Gasteiger partial charge in [0.1, 0.15) is 0 Å². The Morgan fingerprint density at radius 1 is 1.13 bits per heavy atom. The smallest absolute Gasteiger partial charge is 0.240 e. The normalized spacial score (nSPS) is 18.0. The molecule has 2 aromatic rings. The predicted molar refractivity (Wildman–Crippen MR) is 120 cm³/mol. The lowest BCUT2D eigenvalue weighted by molar-refractivity contribution is -0.120. The zero-order valence-corrected chi connectivity index (χ0v) is 18.7. The minimum Gasteiger partial charge on any atom is -0.326 e. The number of anilines is 2. The number of nitrogens with one attached hydrogen (secondary N) is 2. The second-order valence-corrected chi connectivity index (χ2v) is 10.2. The van der Waals surface area contributed by atoms with Gasteiger partial charge in [0.05, 0.1) is 4.90 Å². The minimum absolute atomic E-state index is 0.00645. The third-order valence-corrected chi connectivity index (χ3v) is 7.22. The molecule has 164 valence electrons. The van der Waals surface area contributed by atoms with E-state index in [2.05, 4.69) is 10.0 Å². The lowest BCUT2D eigenvalue weighted by atomic mass is 10.1. The van der Waals surface area contributed by atoms with E-state index in [0.29, 0.717) is 17.1 Å². The Kier molecular flexibility index (Phi) is 6.05. The molecule has 7 nitrogen and oxygen atoms in total. The Labute approximate surface area is 186 Å². The Hall–Kier alpha value is -2.42. The molecule has 2 amide bonds. The third-order valence-electron chi connectivity index (χ3n) is 5.51. The molecule has 2 N–H and O–H groups in total. The van der Waals surface area contributed by atoms with Crippen LogP contribution in [-0.2, 0) is 26.0 Å². The average molecular weight is 462 g/mol. The van der Waals surface area contributed by atoms with Gasteiger partial charge in [0.25, 0.3) is 0 Å². The van der Waals surface area contributed by atoms with Crippen molar-refractivity contribution in [2.75, 3.05) is 16.8 Å². The molecule has 1 fully saturated rings. The second kappa shape index (κ2) is 8.61. The Morgan fingerprint density at radius 3 is 2.52 bits per heavy atom. The quantitative estimate of drug-likeness (QED) is 0.661. The number of benzene rings is 2. The summed E-state index contributed by atoms with van der Waals surface area (Å²) in [5.74, 6) is -0.0637. The molecular formula is C22H24ClN3O4S. The van der Waals surface area contributed by atoms with Crippen molar-refractivity contribution < 1.29 is 18.0 Å². The monoisotopic (exact) mass is 461 g/mol. The van der Waals surface area contributed by atoms with Crippen LogP contribution in [0.25, 0.3) is 0 Å². The van der Waals surface area contributed by atoms with E-state index in [1.54, 1.807) is 41.3 Å². The molecule has 1 aliphatic carbocycles. The summed E-state index contributed by atoms with van der Waals surface area (Å²) in [7, 11) is -3.77. The number of carbonyl (C=O) groups excluding carboxylic acids is 2. The topological polar surface area (TPSA) is 95.6 Å². The molecule has 1 atom stereocenters. The molecule has 1 heterocycles. The van der Waals surface area contributed by atoms with E-state index in [1.165, 1.54) is 6.07 Å². The molecule has 0 bridgehead atoms. The van der Waals surface area contributed by atoms with Gasteiger partial charge >= 0.3 is 0 Å². The van der Waals surface area contributed by atoms with Crippen LogP contribution in [0.4, 0.5) is 11.4 Å². The van der Waals surface area contributed by atoms with Gasteiger partial charge in [-0.25, -0.2) is 13.1 Å². The van der Waals surface area contributed by atoms with Crippen molar-refractivity contribution in [3.63, 3.8) is 0 Å². The summed E-state index contributed by atoms with van der Waals surface area (Å²) < 4.78 is 27.8. The fourth-order valence-corrected chi connectivity index (χ4v) is 4.98. The van der Waals surface area contributed by atoms with Crippen molar-refractivity contribution in [2.45, 2.75) is 43.5 Å². The first-order valence-electron chi connectivity index (χ1n) is 10.3. The maximum absolute atomic E-state index is 12.7. The van der Waals surface area contributed by atoms with Crippen molar-refractivity contribution in [3.8, 4) is 0 Å². The summed E-state index contributed by atoms with van der Waals surface area (Å²) in [4.78, 5) is 26.6. The molecule has 1 saturated carbocycles. The number of sulfonamides is 1. The van der Waals surface area contributed by atoms with Gasteiger partial charge in [-0.3, -0.25) is 9.59 Å². The lowest BCUT2D eigenvalue weighted by Crippen LogP contribution is -2.36. The highest BCUT2D eigenvalue weighted by Gasteiger charge is 2.39. The van der Waals surface area contributed by atoms with E-state index in [0.717, 1.165) is 24.1 Å². The molecule has 0 saturated heterocycles.